The van der Waals surface area contributed by atoms with E-state index in [-0.39, 0.29) is 6.04 Å². The lowest BCUT2D eigenvalue weighted by Crippen LogP contribution is -2.27. The van der Waals surface area contributed by atoms with Crippen molar-refractivity contribution in [3.63, 3.8) is 0 Å². The summed E-state index contributed by atoms with van der Waals surface area (Å²) < 4.78 is 27.9. The maximum atomic E-state index is 12.6. The molecule has 1 atom stereocenters. The Labute approximate surface area is 139 Å². The van der Waals surface area contributed by atoms with Crippen LogP contribution >= 0.6 is 0 Å². The van der Waals surface area contributed by atoms with E-state index in [1.807, 2.05) is 45.0 Å². The zero-order valence-corrected chi connectivity index (χ0v) is 15.1. The average molecular weight is 331 g/mol. The van der Waals surface area contributed by atoms with E-state index in [4.69, 9.17) is 0 Å². The Hall–Kier alpha value is -1.65. The summed E-state index contributed by atoms with van der Waals surface area (Å²) in [6, 6.07) is 12.9. The molecule has 1 N–H and O–H groups in total. The van der Waals surface area contributed by atoms with E-state index < -0.39 is 10.0 Å². The second kappa shape index (κ2) is 7.28. The quantitative estimate of drug-likeness (QED) is 0.858. The molecule has 0 heterocycles. The fraction of sp³-hybridized carbons (Fsp3) is 0.368. The number of rotatable bonds is 6. The van der Waals surface area contributed by atoms with Crippen LogP contribution in [0.15, 0.2) is 47.4 Å². The standard InChI is InChI=1S/C19H25NO2S/c1-5-6-17-8-10-18(11-9-17)23(21,22)20-16(4)19-12-7-14(2)13-15(19)3/h7-13,16,20H,5-6H2,1-4H3. The van der Waals surface area contributed by atoms with Gasteiger partial charge >= 0.3 is 0 Å². The van der Waals surface area contributed by atoms with Crippen LogP contribution in [0, 0.1) is 13.8 Å². The molecule has 0 fully saturated rings. The maximum absolute atomic E-state index is 12.6. The molecule has 23 heavy (non-hydrogen) atoms. The summed E-state index contributed by atoms with van der Waals surface area (Å²) in [7, 11) is -3.52. The van der Waals surface area contributed by atoms with Gasteiger partial charge in [-0.25, -0.2) is 13.1 Å². The second-order valence-electron chi connectivity index (χ2n) is 6.10. The first-order chi connectivity index (χ1) is 10.8. The molecule has 3 nitrogen and oxygen atoms in total. The second-order valence-corrected chi connectivity index (χ2v) is 7.81. The molecule has 0 saturated carbocycles. The summed E-state index contributed by atoms with van der Waals surface area (Å²) in [5, 5.41) is 0. The van der Waals surface area contributed by atoms with Crippen molar-refractivity contribution >= 4 is 10.0 Å². The van der Waals surface area contributed by atoms with Crippen molar-refractivity contribution in [2.45, 2.75) is 51.5 Å². The Balaban J connectivity index is 2.19. The van der Waals surface area contributed by atoms with Crippen LogP contribution in [0.4, 0.5) is 0 Å². The third-order valence-corrected chi connectivity index (χ3v) is 5.55. The first kappa shape index (κ1) is 17.7. The van der Waals surface area contributed by atoms with Gasteiger partial charge in [-0.3, -0.25) is 0 Å². The summed E-state index contributed by atoms with van der Waals surface area (Å²) in [6.07, 6.45) is 2.01. The molecule has 0 aliphatic heterocycles. The molecule has 0 amide bonds. The van der Waals surface area contributed by atoms with Gasteiger partial charge in [0.2, 0.25) is 10.0 Å². The van der Waals surface area contributed by atoms with Gasteiger partial charge in [0.25, 0.3) is 0 Å². The summed E-state index contributed by atoms with van der Waals surface area (Å²) in [6.45, 7) is 8.02. The molecule has 0 spiro atoms. The zero-order chi connectivity index (χ0) is 17.0. The number of hydrogen-bond donors (Lipinski definition) is 1. The van der Waals surface area contributed by atoms with E-state index in [1.54, 1.807) is 12.1 Å². The summed E-state index contributed by atoms with van der Waals surface area (Å²) in [5.74, 6) is 0. The third kappa shape index (κ3) is 4.43. The highest BCUT2D eigenvalue weighted by Gasteiger charge is 2.19. The predicted molar refractivity (Wildman–Crippen MR) is 95.1 cm³/mol. The van der Waals surface area contributed by atoms with Crippen molar-refractivity contribution in [3.8, 4) is 0 Å². The first-order valence-electron chi connectivity index (χ1n) is 8.02. The van der Waals surface area contributed by atoms with Crippen molar-refractivity contribution < 1.29 is 8.42 Å². The third-order valence-electron chi connectivity index (χ3n) is 4.00. The van der Waals surface area contributed by atoms with E-state index in [1.165, 1.54) is 5.56 Å². The van der Waals surface area contributed by atoms with Crippen molar-refractivity contribution in [3.05, 3.63) is 64.7 Å². The molecule has 0 aliphatic rings. The minimum atomic E-state index is -3.52. The number of sulfonamides is 1. The lowest BCUT2D eigenvalue weighted by Gasteiger charge is -2.17. The number of hydrogen-bond acceptors (Lipinski definition) is 2. The lowest BCUT2D eigenvalue weighted by molar-refractivity contribution is 0.566. The molecule has 2 aromatic rings. The van der Waals surface area contributed by atoms with E-state index in [2.05, 4.69) is 17.7 Å². The Kier molecular flexibility index (Phi) is 5.60. The van der Waals surface area contributed by atoms with Crippen molar-refractivity contribution in [2.75, 3.05) is 0 Å². The Bertz CT molecular complexity index is 764. The SMILES string of the molecule is CCCc1ccc(S(=O)(=O)NC(C)c2ccc(C)cc2C)cc1. The van der Waals surface area contributed by atoms with Gasteiger partial charge in [0.05, 0.1) is 4.90 Å². The largest absolute Gasteiger partial charge is 0.241 e. The van der Waals surface area contributed by atoms with Gasteiger partial charge in [-0.1, -0.05) is 49.2 Å². The Morgan fingerprint density at radius 1 is 1.04 bits per heavy atom. The zero-order valence-electron chi connectivity index (χ0n) is 14.3. The first-order valence-corrected chi connectivity index (χ1v) is 9.50. The molecular weight excluding hydrogens is 306 g/mol. The molecular formula is C19H25NO2S. The van der Waals surface area contributed by atoms with Crippen LogP contribution in [-0.4, -0.2) is 8.42 Å². The number of aryl methyl sites for hydroxylation is 3. The monoisotopic (exact) mass is 331 g/mol. The van der Waals surface area contributed by atoms with Crippen LogP contribution < -0.4 is 4.72 Å². The summed E-state index contributed by atoms with van der Waals surface area (Å²) >= 11 is 0. The average Bonchev–Trinajstić information content (AvgIpc) is 2.47. The van der Waals surface area contributed by atoms with E-state index >= 15 is 0 Å². The molecule has 4 heteroatoms. The van der Waals surface area contributed by atoms with Gasteiger partial charge < -0.3 is 0 Å². The molecule has 2 aromatic carbocycles. The van der Waals surface area contributed by atoms with Crippen LogP contribution in [0.5, 0.6) is 0 Å². The van der Waals surface area contributed by atoms with Gasteiger partial charge in [-0.05, 0) is 56.0 Å². The summed E-state index contributed by atoms with van der Waals surface area (Å²) in [4.78, 5) is 0.314. The van der Waals surface area contributed by atoms with Gasteiger partial charge in [-0.15, -0.1) is 0 Å². The van der Waals surface area contributed by atoms with Crippen LogP contribution in [-0.2, 0) is 16.4 Å². The van der Waals surface area contributed by atoms with Crippen LogP contribution in [0.1, 0.15) is 48.6 Å². The van der Waals surface area contributed by atoms with E-state index in [0.29, 0.717) is 4.90 Å². The van der Waals surface area contributed by atoms with Gasteiger partial charge in [0.1, 0.15) is 0 Å². The number of benzene rings is 2. The van der Waals surface area contributed by atoms with Crippen LogP contribution in [0.3, 0.4) is 0 Å². The van der Waals surface area contributed by atoms with E-state index in [9.17, 15) is 8.42 Å². The molecule has 1 unspecified atom stereocenters. The van der Waals surface area contributed by atoms with E-state index in [0.717, 1.165) is 29.5 Å². The van der Waals surface area contributed by atoms with Crippen molar-refractivity contribution in [1.29, 1.82) is 0 Å². The highest BCUT2D eigenvalue weighted by molar-refractivity contribution is 7.89. The molecule has 124 valence electrons. The number of nitrogens with one attached hydrogen (secondary N) is 1. The molecule has 0 saturated heterocycles. The minimum Gasteiger partial charge on any atom is -0.207 e. The van der Waals surface area contributed by atoms with Crippen molar-refractivity contribution in [2.24, 2.45) is 0 Å². The summed E-state index contributed by atoms with van der Waals surface area (Å²) in [5.41, 5.74) is 4.43. The highest BCUT2D eigenvalue weighted by Crippen LogP contribution is 2.21. The molecule has 0 radical (unpaired) electrons. The van der Waals surface area contributed by atoms with Gasteiger partial charge in [0, 0.05) is 6.04 Å². The van der Waals surface area contributed by atoms with Crippen molar-refractivity contribution in [1.82, 2.24) is 4.72 Å². The Morgan fingerprint density at radius 2 is 1.70 bits per heavy atom. The lowest BCUT2D eigenvalue weighted by atomic mass is 10.0. The highest BCUT2D eigenvalue weighted by atomic mass is 32.2. The topological polar surface area (TPSA) is 46.2 Å². The van der Waals surface area contributed by atoms with Crippen LogP contribution in [0.25, 0.3) is 0 Å². The smallest absolute Gasteiger partial charge is 0.207 e. The van der Waals surface area contributed by atoms with Crippen LogP contribution in [0.2, 0.25) is 0 Å². The normalized spacial score (nSPS) is 13.0. The molecule has 0 aromatic heterocycles. The molecule has 0 aliphatic carbocycles. The predicted octanol–water partition coefficient (Wildman–Crippen LogP) is 4.30. The molecule has 2 rings (SSSR count). The fourth-order valence-corrected chi connectivity index (χ4v) is 4.02. The Morgan fingerprint density at radius 3 is 2.26 bits per heavy atom. The fourth-order valence-electron chi connectivity index (χ4n) is 2.80. The van der Waals surface area contributed by atoms with Gasteiger partial charge in [-0.2, -0.15) is 0 Å². The maximum Gasteiger partial charge on any atom is 0.241 e. The molecule has 0 bridgehead atoms. The minimum absolute atomic E-state index is 0.268. The van der Waals surface area contributed by atoms with Gasteiger partial charge in [0.15, 0.2) is 0 Å².